The van der Waals surface area contributed by atoms with Gasteiger partial charge >= 0.3 is 0 Å². The zero-order valence-electron chi connectivity index (χ0n) is 13.1. The van der Waals surface area contributed by atoms with E-state index in [1.807, 2.05) is 31.3 Å². The molecule has 1 atom stereocenters. The predicted molar refractivity (Wildman–Crippen MR) is 109 cm³/mol. The summed E-state index contributed by atoms with van der Waals surface area (Å²) >= 11 is 12.0. The Balaban J connectivity index is 0.00000208. The van der Waals surface area contributed by atoms with Gasteiger partial charge in [0.1, 0.15) is 10.9 Å². The molecule has 1 aromatic carbocycles. The van der Waals surface area contributed by atoms with Crippen molar-refractivity contribution in [2.45, 2.75) is 19.0 Å². The molecule has 0 spiro atoms. The third kappa shape index (κ3) is 4.10. The Kier molecular flexibility index (Phi) is 6.65. The molecular formula is C16H19Cl2IN4O. The molecule has 0 aliphatic carbocycles. The Morgan fingerprint density at radius 2 is 2.17 bits per heavy atom. The van der Waals surface area contributed by atoms with E-state index in [4.69, 9.17) is 33.7 Å². The van der Waals surface area contributed by atoms with Gasteiger partial charge in [-0.25, -0.2) is 4.99 Å². The number of nitrogens with two attached hydrogens (primary N) is 1. The van der Waals surface area contributed by atoms with E-state index in [2.05, 4.69) is 10.3 Å². The van der Waals surface area contributed by atoms with E-state index in [0.717, 1.165) is 23.4 Å². The predicted octanol–water partition coefficient (Wildman–Crippen LogP) is 3.88. The maximum absolute atomic E-state index is 6.05. The van der Waals surface area contributed by atoms with Crippen LogP contribution in [0.4, 0.5) is 0 Å². The van der Waals surface area contributed by atoms with Crippen LogP contribution in [0.3, 0.4) is 0 Å². The number of nitrogens with zero attached hydrogens (tertiary/aromatic N) is 2. The van der Waals surface area contributed by atoms with Crippen molar-refractivity contribution in [3.05, 3.63) is 51.8 Å². The van der Waals surface area contributed by atoms with E-state index in [0.29, 0.717) is 29.3 Å². The Morgan fingerprint density at radius 1 is 1.42 bits per heavy atom. The molecule has 0 saturated carbocycles. The van der Waals surface area contributed by atoms with Crippen molar-refractivity contribution >= 4 is 53.1 Å². The van der Waals surface area contributed by atoms with Crippen LogP contribution in [-0.4, -0.2) is 17.1 Å². The van der Waals surface area contributed by atoms with Crippen LogP contribution < -0.4 is 15.8 Å². The first-order valence-corrected chi connectivity index (χ1v) is 8.09. The van der Waals surface area contributed by atoms with Crippen LogP contribution >= 0.6 is 47.2 Å². The van der Waals surface area contributed by atoms with Crippen LogP contribution in [0.1, 0.15) is 23.7 Å². The molecule has 2 aromatic rings. The number of aliphatic imine (C=N–C) groups is 1. The van der Waals surface area contributed by atoms with Crippen molar-refractivity contribution in [2.75, 3.05) is 6.61 Å². The standard InChI is InChI=1S/C16H18Cl2N4O.HI/c1-22-10(8-12(17)15(22)18)9-20-16(19)21-13-6-7-23-14-5-3-2-4-11(13)14;/h2-5,8,13H,6-7,9H2,1H3,(H3,19,20,21);1H. The molecule has 0 bridgehead atoms. The molecular weight excluding hydrogens is 462 g/mol. The number of hydrogen-bond donors (Lipinski definition) is 2. The lowest BCUT2D eigenvalue weighted by Crippen LogP contribution is -2.37. The SMILES string of the molecule is Cn1c(CN=C(N)NC2CCOc3ccccc32)cc(Cl)c1Cl.I. The number of aromatic nitrogens is 1. The van der Waals surface area contributed by atoms with Gasteiger partial charge in [0, 0.05) is 24.7 Å². The molecule has 0 saturated heterocycles. The molecule has 0 fully saturated rings. The molecule has 1 unspecified atom stereocenters. The van der Waals surface area contributed by atoms with Crippen LogP contribution in [0.15, 0.2) is 35.3 Å². The van der Waals surface area contributed by atoms with E-state index in [1.54, 1.807) is 10.6 Å². The molecule has 2 heterocycles. The topological polar surface area (TPSA) is 64.6 Å². The van der Waals surface area contributed by atoms with Crippen LogP contribution in [0.25, 0.3) is 0 Å². The third-order valence-corrected chi connectivity index (χ3v) is 4.75. The van der Waals surface area contributed by atoms with Crippen molar-refractivity contribution in [2.24, 2.45) is 17.8 Å². The molecule has 1 aromatic heterocycles. The van der Waals surface area contributed by atoms with E-state index in [9.17, 15) is 0 Å². The van der Waals surface area contributed by atoms with Gasteiger partial charge in [-0.05, 0) is 12.1 Å². The summed E-state index contributed by atoms with van der Waals surface area (Å²) in [5.74, 6) is 1.28. The fourth-order valence-corrected chi connectivity index (χ4v) is 3.04. The van der Waals surface area contributed by atoms with Gasteiger partial charge in [-0.3, -0.25) is 0 Å². The van der Waals surface area contributed by atoms with Gasteiger partial charge in [-0.15, -0.1) is 24.0 Å². The first-order chi connectivity index (χ1) is 11.1. The summed E-state index contributed by atoms with van der Waals surface area (Å²) in [4.78, 5) is 4.38. The molecule has 3 N–H and O–H groups in total. The Bertz CT molecular complexity index is 748. The van der Waals surface area contributed by atoms with Crippen LogP contribution in [0.2, 0.25) is 10.2 Å². The molecule has 130 valence electrons. The van der Waals surface area contributed by atoms with Crippen LogP contribution in [0.5, 0.6) is 5.75 Å². The minimum absolute atomic E-state index is 0. The molecule has 0 radical (unpaired) electrons. The van der Waals surface area contributed by atoms with Gasteiger partial charge in [0.15, 0.2) is 5.96 Å². The number of ether oxygens (including phenoxy) is 1. The zero-order chi connectivity index (χ0) is 16.4. The average Bonchev–Trinajstić information content (AvgIpc) is 2.80. The number of guanidine groups is 1. The maximum atomic E-state index is 6.05. The number of halogens is 3. The van der Waals surface area contributed by atoms with Crippen molar-refractivity contribution in [1.82, 2.24) is 9.88 Å². The summed E-state index contributed by atoms with van der Waals surface area (Å²) in [6.45, 7) is 1.07. The highest BCUT2D eigenvalue weighted by atomic mass is 127. The second-order valence-corrected chi connectivity index (χ2v) is 6.17. The van der Waals surface area contributed by atoms with E-state index in [-0.39, 0.29) is 30.0 Å². The number of para-hydroxylation sites is 1. The summed E-state index contributed by atoms with van der Waals surface area (Å²) < 4.78 is 7.44. The van der Waals surface area contributed by atoms with Crippen LogP contribution in [0, 0.1) is 0 Å². The minimum Gasteiger partial charge on any atom is -0.493 e. The molecule has 24 heavy (non-hydrogen) atoms. The molecule has 1 aliphatic heterocycles. The second-order valence-electron chi connectivity index (χ2n) is 5.41. The fourth-order valence-electron chi connectivity index (χ4n) is 2.62. The summed E-state index contributed by atoms with van der Waals surface area (Å²) in [6.07, 6.45) is 0.842. The van der Waals surface area contributed by atoms with Gasteiger partial charge in [-0.2, -0.15) is 0 Å². The Labute approximate surface area is 168 Å². The first kappa shape index (κ1) is 19.2. The second kappa shape index (κ2) is 8.31. The van der Waals surface area contributed by atoms with Gasteiger partial charge in [0.2, 0.25) is 0 Å². The fraction of sp³-hybridized carbons (Fsp3) is 0.312. The maximum Gasteiger partial charge on any atom is 0.189 e. The van der Waals surface area contributed by atoms with E-state index in [1.165, 1.54) is 0 Å². The summed E-state index contributed by atoms with van der Waals surface area (Å²) in [6, 6.07) is 9.85. The molecule has 0 amide bonds. The van der Waals surface area contributed by atoms with E-state index >= 15 is 0 Å². The van der Waals surface area contributed by atoms with Gasteiger partial charge in [-0.1, -0.05) is 41.4 Å². The van der Waals surface area contributed by atoms with Gasteiger partial charge in [0.25, 0.3) is 0 Å². The minimum atomic E-state index is 0. The molecule has 1 aliphatic rings. The van der Waals surface area contributed by atoms with Crippen molar-refractivity contribution in [1.29, 1.82) is 0 Å². The number of hydrogen-bond acceptors (Lipinski definition) is 2. The summed E-state index contributed by atoms with van der Waals surface area (Å²) in [7, 11) is 1.84. The molecule has 8 heteroatoms. The number of nitrogens with one attached hydrogen (secondary N) is 1. The lowest BCUT2D eigenvalue weighted by Gasteiger charge is -2.26. The van der Waals surface area contributed by atoms with Crippen molar-refractivity contribution < 1.29 is 4.74 Å². The highest BCUT2D eigenvalue weighted by Gasteiger charge is 2.21. The molecule has 3 rings (SSSR count). The van der Waals surface area contributed by atoms with Gasteiger partial charge in [0.05, 0.1) is 24.2 Å². The van der Waals surface area contributed by atoms with Crippen molar-refractivity contribution in [3.63, 3.8) is 0 Å². The van der Waals surface area contributed by atoms with Gasteiger partial charge < -0.3 is 20.4 Å². The smallest absolute Gasteiger partial charge is 0.189 e. The molecule has 5 nitrogen and oxygen atoms in total. The lowest BCUT2D eigenvalue weighted by atomic mass is 10.0. The number of benzene rings is 1. The monoisotopic (exact) mass is 480 g/mol. The Hall–Kier alpha value is -1.12. The quantitative estimate of drug-likeness (QED) is 0.398. The number of rotatable bonds is 3. The van der Waals surface area contributed by atoms with E-state index < -0.39 is 0 Å². The Morgan fingerprint density at radius 3 is 2.88 bits per heavy atom. The average molecular weight is 481 g/mol. The largest absolute Gasteiger partial charge is 0.493 e. The highest BCUT2D eigenvalue weighted by Crippen LogP contribution is 2.31. The normalized spacial score (nSPS) is 16.8. The van der Waals surface area contributed by atoms with Crippen molar-refractivity contribution in [3.8, 4) is 5.75 Å². The number of fused-ring (bicyclic) bond motifs is 1. The summed E-state index contributed by atoms with van der Waals surface area (Å²) in [5, 5.41) is 4.28. The highest BCUT2D eigenvalue weighted by molar-refractivity contribution is 14.0. The van der Waals surface area contributed by atoms with Crippen LogP contribution in [-0.2, 0) is 13.6 Å². The third-order valence-electron chi connectivity index (χ3n) is 3.91. The lowest BCUT2D eigenvalue weighted by molar-refractivity contribution is 0.262. The summed E-state index contributed by atoms with van der Waals surface area (Å²) in [5.41, 5.74) is 8.03. The first-order valence-electron chi connectivity index (χ1n) is 7.34. The zero-order valence-corrected chi connectivity index (χ0v) is 17.0.